The molecule has 0 aliphatic rings. The van der Waals surface area contributed by atoms with E-state index in [1.807, 2.05) is 12.1 Å². The highest BCUT2D eigenvalue weighted by atomic mass is 28.4. The van der Waals surface area contributed by atoms with E-state index in [1.54, 1.807) is 6.92 Å². The van der Waals surface area contributed by atoms with Gasteiger partial charge in [-0.2, -0.15) is 0 Å². The third kappa shape index (κ3) is 5.54. The van der Waals surface area contributed by atoms with E-state index in [-0.39, 0.29) is 17.0 Å². The molecule has 3 N–H and O–H groups in total. The summed E-state index contributed by atoms with van der Waals surface area (Å²) in [5, 5.41) is 5.48. The van der Waals surface area contributed by atoms with Gasteiger partial charge in [-0.3, -0.25) is 4.79 Å². The summed E-state index contributed by atoms with van der Waals surface area (Å²) >= 11 is 0. The van der Waals surface area contributed by atoms with Crippen molar-refractivity contribution in [2.45, 2.75) is 44.8 Å². The Morgan fingerprint density at radius 2 is 1.52 bits per heavy atom. The number of ether oxygens (including phenoxy) is 1. The van der Waals surface area contributed by atoms with Gasteiger partial charge in [-0.15, -0.1) is 0 Å². The minimum atomic E-state index is -2.60. The van der Waals surface area contributed by atoms with Crippen molar-refractivity contribution in [1.29, 1.82) is 0 Å². The number of hydrogen-bond donors (Lipinski definition) is 2. The van der Waals surface area contributed by atoms with Crippen LogP contribution in [-0.2, 0) is 14.0 Å². The molecule has 5 nitrogen and oxygen atoms in total. The molecule has 0 fully saturated rings. The predicted octanol–water partition coefficient (Wildman–Crippen LogP) is 2.04. The molecule has 0 radical (unpaired) electrons. The second-order valence-electron chi connectivity index (χ2n) is 8.39. The Hall–Kier alpha value is -1.99. The molecule has 2 aromatic rings. The van der Waals surface area contributed by atoms with Crippen molar-refractivity contribution < 1.29 is 14.0 Å². The summed E-state index contributed by atoms with van der Waals surface area (Å²) in [4.78, 5) is 11.6. The zero-order valence-corrected chi connectivity index (χ0v) is 19.1. The zero-order valence-electron chi connectivity index (χ0n) is 18.1. The highest BCUT2D eigenvalue weighted by Gasteiger charge is 2.50. The number of nitrogens with one attached hydrogen (secondary N) is 1. The lowest BCUT2D eigenvalue weighted by atomic mass is 10.2. The van der Waals surface area contributed by atoms with Gasteiger partial charge in [-0.1, -0.05) is 81.4 Å². The molecule has 29 heavy (non-hydrogen) atoms. The van der Waals surface area contributed by atoms with E-state index in [2.05, 4.69) is 74.6 Å². The lowest BCUT2D eigenvalue weighted by Gasteiger charge is -2.43. The summed E-state index contributed by atoms with van der Waals surface area (Å²) in [6.45, 7) is 9.34. The largest absolute Gasteiger partial charge is 0.468 e. The molecule has 0 amide bonds. The van der Waals surface area contributed by atoms with E-state index >= 15 is 0 Å². The predicted molar refractivity (Wildman–Crippen MR) is 121 cm³/mol. The van der Waals surface area contributed by atoms with Crippen molar-refractivity contribution >= 4 is 24.7 Å². The molecule has 0 spiro atoms. The van der Waals surface area contributed by atoms with Crippen LogP contribution in [0.25, 0.3) is 0 Å². The van der Waals surface area contributed by atoms with E-state index in [4.69, 9.17) is 14.9 Å². The SMILES string of the molecule is COC(=O)[C@@H](C)NC[C@H](N)CO[Si](c1ccccc1)(c1ccccc1)C(C)(C)C. The second kappa shape index (κ2) is 10.2. The van der Waals surface area contributed by atoms with E-state index in [1.165, 1.54) is 17.5 Å². The highest BCUT2D eigenvalue weighted by molar-refractivity contribution is 6.99. The summed E-state index contributed by atoms with van der Waals surface area (Å²) in [6, 6.07) is 20.3. The van der Waals surface area contributed by atoms with Crippen LogP contribution < -0.4 is 21.4 Å². The first-order valence-corrected chi connectivity index (χ1v) is 11.9. The Kier molecular flexibility index (Phi) is 8.16. The third-order valence-corrected chi connectivity index (χ3v) is 10.2. The first kappa shape index (κ1) is 23.3. The fraction of sp³-hybridized carbons (Fsp3) is 0.435. The van der Waals surface area contributed by atoms with E-state index in [0.717, 1.165) is 0 Å². The van der Waals surface area contributed by atoms with Gasteiger partial charge in [-0.05, 0) is 22.3 Å². The first-order valence-electron chi connectivity index (χ1n) is 10.0. The first-order chi connectivity index (χ1) is 13.7. The molecule has 0 saturated heterocycles. The smallest absolute Gasteiger partial charge is 0.322 e. The molecule has 6 heteroatoms. The maximum absolute atomic E-state index is 11.6. The van der Waals surface area contributed by atoms with Gasteiger partial charge < -0.3 is 20.2 Å². The molecule has 158 valence electrons. The normalized spacial score (nSPS) is 14.3. The van der Waals surface area contributed by atoms with Crippen LogP contribution in [0.4, 0.5) is 0 Å². The Balaban J connectivity index is 2.28. The molecule has 2 aromatic carbocycles. The standard InChI is InChI=1S/C23H34N2O3Si/c1-18(22(26)27-5)25-16-19(24)17-28-29(23(2,3)4,20-12-8-6-9-13-20)21-14-10-7-11-15-21/h6-15,18-19,25H,16-17,24H2,1-5H3/t18-,19+/m1/s1. The van der Waals surface area contributed by atoms with E-state index in [9.17, 15) is 4.79 Å². The van der Waals surface area contributed by atoms with Crippen LogP contribution in [0.3, 0.4) is 0 Å². The van der Waals surface area contributed by atoms with Gasteiger partial charge in [0.25, 0.3) is 8.32 Å². The molecule has 0 aliphatic heterocycles. The molecule has 0 unspecified atom stereocenters. The van der Waals surface area contributed by atoms with Gasteiger partial charge >= 0.3 is 5.97 Å². The molecule has 2 atom stereocenters. The van der Waals surface area contributed by atoms with Crippen LogP contribution in [0, 0.1) is 0 Å². The van der Waals surface area contributed by atoms with E-state index in [0.29, 0.717) is 13.2 Å². The topological polar surface area (TPSA) is 73.6 Å². The monoisotopic (exact) mass is 414 g/mol. The molecular formula is C23H34N2O3Si. The lowest BCUT2D eigenvalue weighted by Crippen LogP contribution is -2.67. The van der Waals surface area contributed by atoms with Crippen molar-refractivity contribution in [2.75, 3.05) is 20.3 Å². The molecule has 0 heterocycles. The van der Waals surface area contributed by atoms with Crippen molar-refractivity contribution in [2.24, 2.45) is 5.73 Å². The number of carbonyl (C=O) groups is 1. The number of benzene rings is 2. The van der Waals surface area contributed by atoms with Crippen molar-refractivity contribution in [3.63, 3.8) is 0 Å². The summed E-state index contributed by atoms with van der Waals surface area (Å²) in [5.74, 6) is -0.301. The fourth-order valence-electron chi connectivity index (χ4n) is 3.64. The van der Waals surface area contributed by atoms with Gasteiger partial charge in [0, 0.05) is 12.6 Å². The van der Waals surface area contributed by atoms with E-state index < -0.39 is 14.4 Å². The summed E-state index contributed by atoms with van der Waals surface area (Å²) in [6.07, 6.45) is 0. The van der Waals surface area contributed by atoms with Crippen LogP contribution in [-0.4, -0.2) is 46.6 Å². The van der Waals surface area contributed by atoms with Gasteiger partial charge in [0.05, 0.1) is 13.7 Å². The fourth-order valence-corrected chi connectivity index (χ4v) is 8.26. The van der Waals surface area contributed by atoms with Crippen LogP contribution in [0.15, 0.2) is 60.7 Å². The maximum Gasteiger partial charge on any atom is 0.322 e. The van der Waals surface area contributed by atoms with Gasteiger partial charge in [0.15, 0.2) is 0 Å². The second-order valence-corrected chi connectivity index (χ2v) is 12.7. The number of nitrogens with two attached hydrogens (primary N) is 1. The molecule has 0 aliphatic carbocycles. The number of rotatable bonds is 9. The van der Waals surface area contributed by atoms with Crippen LogP contribution in [0.2, 0.25) is 5.04 Å². The average Bonchev–Trinajstić information content (AvgIpc) is 2.72. The minimum absolute atomic E-state index is 0.0951. The Labute approximate surface area is 175 Å². The van der Waals surface area contributed by atoms with Gasteiger partial charge in [-0.25, -0.2) is 0 Å². The molecule has 0 bridgehead atoms. The number of hydrogen-bond acceptors (Lipinski definition) is 5. The Bertz CT molecular complexity index is 723. The molecule has 0 saturated carbocycles. The molecule has 2 rings (SSSR count). The maximum atomic E-state index is 11.6. The highest BCUT2D eigenvalue weighted by Crippen LogP contribution is 2.36. The van der Waals surface area contributed by atoms with Crippen LogP contribution >= 0.6 is 0 Å². The van der Waals surface area contributed by atoms with Crippen molar-refractivity contribution in [3.8, 4) is 0 Å². The molecular weight excluding hydrogens is 380 g/mol. The van der Waals surface area contributed by atoms with Gasteiger partial charge in [0.2, 0.25) is 0 Å². The molecule has 0 aromatic heterocycles. The average molecular weight is 415 g/mol. The Morgan fingerprint density at radius 3 is 1.93 bits per heavy atom. The third-order valence-electron chi connectivity index (χ3n) is 5.17. The summed E-state index contributed by atoms with van der Waals surface area (Å²) in [5.41, 5.74) is 6.35. The van der Waals surface area contributed by atoms with Gasteiger partial charge in [0.1, 0.15) is 6.04 Å². The summed E-state index contributed by atoms with van der Waals surface area (Å²) < 4.78 is 11.6. The Morgan fingerprint density at radius 1 is 1.03 bits per heavy atom. The van der Waals surface area contributed by atoms with Crippen LogP contribution in [0.5, 0.6) is 0 Å². The lowest BCUT2D eigenvalue weighted by molar-refractivity contribution is -0.142. The zero-order chi connectivity index (χ0) is 21.5. The number of esters is 1. The minimum Gasteiger partial charge on any atom is -0.468 e. The van der Waals surface area contributed by atoms with Crippen molar-refractivity contribution in [3.05, 3.63) is 60.7 Å². The van der Waals surface area contributed by atoms with Crippen molar-refractivity contribution in [1.82, 2.24) is 5.32 Å². The van der Waals surface area contributed by atoms with Crippen LogP contribution in [0.1, 0.15) is 27.7 Å². The number of carbonyl (C=O) groups excluding carboxylic acids is 1. The quantitative estimate of drug-likeness (QED) is 0.485. The number of methoxy groups -OCH3 is 1. The summed E-state index contributed by atoms with van der Waals surface area (Å²) in [7, 11) is -1.21.